The normalized spacial score (nSPS) is 14.9. The molecule has 106 valence electrons. The van der Waals surface area contributed by atoms with Crippen LogP contribution in [0, 0.1) is 10.1 Å². The van der Waals surface area contributed by atoms with Crippen LogP contribution in [0.4, 0.5) is 11.4 Å². The van der Waals surface area contributed by atoms with Crippen LogP contribution < -0.4 is 10.5 Å². The fraction of sp³-hybridized carbons (Fsp3) is 0.500. The first-order chi connectivity index (χ1) is 8.62. The number of nitrogens with one attached hydrogen (secondary N) is 1. The summed E-state index contributed by atoms with van der Waals surface area (Å²) in [7, 11) is -1.24. The Morgan fingerprint density at radius 2 is 2.00 bits per heavy atom. The van der Waals surface area contributed by atoms with Gasteiger partial charge in [0.25, 0.3) is 5.69 Å². The number of nitrogens with two attached hydrogens (primary N) is 1. The number of nitrogens with zero attached hydrogens (tertiary/aromatic N) is 1. The highest BCUT2D eigenvalue weighted by molar-refractivity contribution is 7.84. The van der Waals surface area contributed by atoms with Gasteiger partial charge in [0.05, 0.1) is 20.7 Å². The molecule has 1 rings (SSSR count). The van der Waals surface area contributed by atoms with E-state index in [1.165, 1.54) is 12.1 Å². The first-order valence-electron chi connectivity index (χ1n) is 5.85. The predicted octanol–water partition coefficient (Wildman–Crippen LogP) is 2.29. The molecule has 19 heavy (non-hydrogen) atoms. The van der Waals surface area contributed by atoms with E-state index in [1.807, 2.05) is 20.8 Å². The van der Waals surface area contributed by atoms with Gasteiger partial charge in [0.1, 0.15) is 5.69 Å². The van der Waals surface area contributed by atoms with Crippen LogP contribution in [0.1, 0.15) is 39.3 Å². The van der Waals surface area contributed by atoms with Crippen molar-refractivity contribution in [2.75, 3.05) is 5.73 Å². The third kappa shape index (κ3) is 4.00. The average molecular weight is 285 g/mol. The van der Waals surface area contributed by atoms with Gasteiger partial charge in [-0.3, -0.25) is 10.1 Å². The molecule has 0 aromatic heterocycles. The van der Waals surface area contributed by atoms with Gasteiger partial charge in [0, 0.05) is 12.1 Å². The highest BCUT2D eigenvalue weighted by Crippen LogP contribution is 2.26. The van der Waals surface area contributed by atoms with Crippen LogP contribution in [-0.4, -0.2) is 13.9 Å². The number of rotatable bonds is 4. The summed E-state index contributed by atoms with van der Waals surface area (Å²) in [4.78, 5) is 10.3. The fourth-order valence-electron chi connectivity index (χ4n) is 1.39. The number of nitro groups is 1. The Labute approximate surface area is 115 Å². The molecule has 2 unspecified atom stereocenters. The van der Waals surface area contributed by atoms with E-state index in [0.717, 1.165) is 0 Å². The first kappa shape index (κ1) is 15.6. The predicted molar refractivity (Wildman–Crippen MR) is 77.0 cm³/mol. The van der Waals surface area contributed by atoms with Crippen molar-refractivity contribution < 1.29 is 9.13 Å². The van der Waals surface area contributed by atoms with E-state index in [-0.39, 0.29) is 17.4 Å². The zero-order chi connectivity index (χ0) is 14.8. The first-order valence-corrected chi connectivity index (χ1v) is 6.99. The van der Waals surface area contributed by atoms with Crippen LogP contribution in [0.3, 0.4) is 0 Å². The van der Waals surface area contributed by atoms with E-state index in [2.05, 4.69) is 4.72 Å². The topological polar surface area (TPSA) is 98.3 Å². The number of nitro benzene ring substituents is 1. The lowest BCUT2D eigenvalue weighted by Crippen LogP contribution is -2.34. The molecule has 1 aromatic carbocycles. The maximum absolute atomic E-state index is 12.0. The summed E-state index contributed by atoms with van der Waals surface area (Å²) in [6, 6.07) is 4.33. The summed E-state index contributed by atoms with van der Waals surface area (Å²) in [5.41, 5.74) is 6.21. The second-order valence-corrected chi connectivity index (χ2v) is 7.29. The number of hydrogen-bond donors (Lipinski definition) is 2. The third-order valence-corrected chi connectivity index (χ3v) is 4.27. The molecule has 0 aliphatic rings. The smallest absolute Gasteiger partial charge is 0.292 e. The van der Waals surface area contributed by atoms with Gasteiger partial charge in [-0.05, 0) is 39.3 Å². The minimum Gasteiger partial charge on any atom is -0.393 e. The molecule has 6 nitrogen and oxygen atoms in total. The molecule has 0 aliphatic carbocycles. The van der Waals surface area contributed by atoms with E-state index in [4.69, 9.17) is 5.73 Å². The Morgan fingerprint density at radius 1 is 1.42 bits per heavy atom. The van der Waals surface area contributed by atoms with E-state index < -0.39 is 20.7 Å². The lowest BCUT2D eigenvalue weighted by atomic mass is 10.1. The van der Waals surface area contributed by atoms with E-state index in [1.54, 1.807) is 13.0 Å². The van der Waals surface area contributed by atoms with Crippen LogP contribution in [-0.2, 0) is 11.0 Å². The monoisotopic (exact) mass is 285 g/mol. The molecule has 0 heterocycles. The Morgan fingerprint density at radius 3 is 2.47 bits per heavy atom. The van der Waals surface area contributed by atoms with Gasteiger partial charge >= 0.3 is 0 Å². The van der Waals surface area contributed by atoms with Crippen molar-refractivity contribution in [3.8, 4) is 0 Å². The average Bonchev–Trinajstić information content (AvgIpc) is 2.27. The maximum Gasteiger partial charge on any atom is 0.292 e. The SMILES string of the molecule is CC(NS(=O)C(C)(C)C)c1ccc(N)c([N+](=O)[O-])c1. The van der Waals surface area contributed by atoms with Crippen LogP contribution in [0.2, 0.25) is 0 Å². The molecule has 0 amide bonds. The summed E-state index contributed by atoms with van der Waals surface area (Å²) < 4.78 is 14.5. The molecule has 0 aliphatic heterocycles. The number of anilines is 1. The van der Waals surface area contributed by atoms with E-state index >= 15 is 0 Å². The van der Waals surface area contributed by atoms with E-state index in [0.29, 0.717) is 5.56 Å². The van der Waals surface area contributed by atoms with Crippen molar-refractivity contribution in [1.29, 1.82) is 0 Å². The number of benzene rings is 1. The van der Waals surface area contributed by atoms with Gasteiger partial charge in [-0.25, -0.2) is 8.93 Å². The Balaban J connectivity index is 2.95. The molecule has 7 heteroatoms. The fourth-order valence-corrected chi connectivity index (χ4v) is 2.20. The van der Waals surface area contributed by atoms with Gasteiger partial charge in [-0.1, -0.05) is 6.07 Å². The Kier molecular flexibility index (Phi) is 4.65. The van der Waals surface area contributed by atoms with Gasteiger partial charge in [0.15, 0.2) is 0 Å². The molecule has 1 aromatic rings. The van der Waals surface area contributed by atoms with Crippen LogP contribution in [0.25, 0.3) is 0 Å². The lowest BCUT2D eigenvalue weighted by molar-refractivity contribution is -0.384. The molecular formula is C12H19N3O3S. The highest BCUT2D eigenvalue weighted by Gasteiger charge is 2.22. The number of nitrogen functional groups attached to an aromatic ring is 1. The molecule has 0 spiro atoms. The zero-order valence-corrected chi connectivity index (χ0v) is 12.3. The second kappa shape index (κ2) is 5.66. The van der Waals surface area contributed by atoms with Crippen molar-refractivity contribution in [2.24, 2.45) is 0 Å². The summed E-state index contributed by atoms with van der Waals surface area (Å²) in [5, 5.41) is 10.8. The van der Waals surface area contributed by atoms with Crippen LogP contribution in [0.15, 0.2) is 18.2 Å². The molecular weight excluding hydrogens is 266 g/mol. The summed E-state index contributed by atoms with van der Waals surface area (Å²) in [6.07, 6.45) is 0. The van der Waals surface area contributed by atoms with Gasteiger partial charge in [-0.2, -0.15) is 0 Å². The lowest BCUT2D eigenvalue weighted by Gasteiger charge is -2.22. The number of hydrogen-bond acceptors (Lipinski definition) is 4. The van der Waals surface area contributed by atoms with Crippen LogP contribution in [0.5, 0.6) is 0 Å². The van der Waals surface area contributed by atoms with Gasteiger partial charge in [-0.15, -0.1) is 0 Å². The standard InChI is InChI=1S/C12H19N3O3S/c1-8(14-19(18)12(2,3)4)9-5-6-10(13)11(7-9)15(16)17/h5-8,14H,13H2,1-4H3. The molecule has 0 bridgehead atoms. The molecule has 3 N–H and O–H groups in total. The van der Waals surface area contributed by atoms with Gasteiger partial charge in [0.2, 0.25) is 0 Å². The summed E-state index contributed by atoms with van der Waals surface area (Å²) in [5.74, 6) is 0. The zero-order valence-electron chi connectivity index (χ0n) is 11.5. The minimum atomic E-state index is -1.24. The molecule has 2 atom stereocenters. The second-order valence-electron chi connectivity index (χ2n) is 5.30. The molecule has 0 saturated heterocycles. The molecule has 0 fully saturated rings. The Hall–Kier alpha value is -1.47. The summed E-state index contributed by atoms with van der Waals surface area (Å²) in [6.45, 7) is 7.37. The molecule has 0 radical (unpaired) electrons. The minimum absolute atomic E-state index is 0.123. The van der Waals surface area contributed by atoms with Gasteiger partial charge < -0.3 is 5.73 Å². The van der Waals surface area contributed by atoms with Crippen molar-refractivity contribution in [2.45, 2.75) is 38.5 Å². The van der Waals surface area contributed by atoms with Crippen molar-refractivity contribution in [1.82, 2.24) is 4.72 Å². The maximum atomic E-state index is 12.0. The van der Waals surface area contributed by atoms with Crippen LogP contribution >= 0.6 is 0 Å². The van der Waals surface area contributed by atoms with Crippen molar-refractivity contribution >= 4 is 22.4 Å². The Bertz CT molecular complexity index is 511. The largest absolute Gasteiger partial charge is 0.393 e. The van der Waals surface area contributed by atoms with E-state index in [9.17, 15) is 14.3 Å². The quantitative estimate of drug-likeness (QED) is 0.503. The van der Waals surface area contributed by atoms with Crippen molar-refractivity contribution in [3.63, 3.8) is 0 Å². The summed E-state index contributed by atoms with van der Waals surface area (Å²) >= 11 is 0. The van der Waals surface area contributed by atoms with Crippen molar-refractivity contribution in [3.05, 3.63) is 33.9 Å². The highest BCUT2D eigenvalue weighted by atomic mass is 32.2. The molecule has 0 saturated carbocycles. The third-order valence-electron chi connectivity index (χ3n) is 2.59.